The second kappa shape index (κ2) is 8.23. The highest BCUT2D eigenvalue weighted by molar-refractivity contribution is 9.10. The Morgan fingerprint density at radius 2 is 1.13 bits per heavy atom. The van der Waals surface area contributed by atoms with Gasteiger partial charge in [-0.25, -0.2) is 9.97 Å². The van der Waals surface area contributed by atoms with Crippen molar-refractivity contribution >= 4 is 70.2 Å². The van der Waals surface area contributed by atoms with Crippen LogP contribution in [0.15, 0.2) is 126 Å². The molecule has 0 N–H and O–H groups in total. The molecule has 3 nitrogen and oxygen atoms in total. The normalized spacial score (nSPS) is 11.8. The molecule has 0 saturated heterocycles. The highest BCUT2D eigenvalue weighted by atomic mass is 79.9. The van der Waals surface area contributed by atoms with Crippen LogP contribution in [0, 0.1) is 0 Å². The fraction of sp³-hybridized carbons (Fsp3) is 0. The van der Waals surface area contributed by atoms with Gasteiger partial charge in [-0.2, -0.15) is 0 Å². The number of para-hydroxylation sites is 1. The zero-order valence-electron chi connectivity index (χ0n) is 20.3. The third kappa shape index (κ3) is 3.01. The predicted octanol–water partition coefficient (Wildman–Crippen LogP) is 9.46. The number of aromatic nitrogens is 3. The van der Waals surface area contributed by atoms with Crippen LogP contribution in [0.3, 0.4) is 0 Å². The fourth-order valence-electron chi connectivity index (χ4n) is 5.86. The standard InChI is InChI=1S/C34H20BrN3/c35-27-18-10-20-29-31(27)30-24-15-6-4-13-22(24)23-14-5-7-16-25(23)33(30)38(29)34-36-28-19-9-8-17-26(28)32(37-34)21-11-2-1-3-12-21/h1-20H. The Morgan fingerprint density at radius 3 is 1.92 bits per heavy atom. The van der Waals surface area contributed by atoms with Crippen molar-refractivity contribution in [3.63, 3.8) is 0 Å². The maximum absolute atomic E-state index is 5.27. The molecule has 4 heteroatoms. The highest BCUT2D eigenvalue weighted by Gasteiger charge is 2.22. The first kappa shape index (κ1) is 21.5. The minimum Gasteiger partial charge on any atom is -0.277 e. The monoisotopic (exact) mass is 549 g/mol. The Kier molecular flexibility index (Phi) is 4.67. The second-order valence-electron chi connectivity index (χ2n) is 9.54. The molecule has 0 bridgehead atoms. The summed E-state index contributed by atoms with van der Waals surface area (Å²) in [6, 6.07) is 42.4. The summed E-state index contributed by atoms with van der Waals surface area (Å²) in [5, 5.41) is 8.29. The minimum absolute atomic E-state index is 0.668. The molecule has 6 aromatic carbocycles. The summed E-state index contributed by atoms with van der Waals surface area (Å²) >= 11 is 3.89. The highest BCUT2D eigenvalue weighted by Crippen LogP contribution is 2.44. The van der Waals surface area contributed by atoms with Crippen molar-refractivity contribution in [2.24, 2.45) is 0 Å². The van der Waals surface area contributed by atoms with Gasteiger partial charge in [-0.3, -0.25) is 4.57 Å². The number of halogens is 1. The summed E-state index contributed by atoms with van der Waals surface area (Å²) in [6.45, 7) is 0. The van der Waals surface area contributed by atoms with Gasteiger partial charge in [0.25, 0.3) is 0 Å². The Balaban J connectivity index is 1.63. The van der Waals surface area contributed by atoms with Gasteiger partial charge in [-0.05, 0) is 34.4 Å². The van der Waals surface area contributed by atoms with E-state index in [0.29, 0.717) is 5.95 Å². The van der Waals surface area contributed by atoms with E-state index in [9.17, 15) is 0 Å². The average molecular weight is 550 g/mol. The Hall–Kier alpha value is -4.54. The van der Waals surface area contributed by atoms with Crippen molar-refractivity contribution in [3.8, 4) is 17.2 Å². The van der Waals surface area contributed by atoms with E-state index in [1.807, 2.05) is 12.1 Å². The zero-order valence-corrected chi connectivity index (χ0v) is 21.9. The van der Waals surface area contributed by atoms with Crippen LogP contribution in [-0.4, -0.2) is 14.5 Å². The van der Waals surface area contributed by atoms with Crippen molar-refractivity contribution in [1.29, 1.82) is 0 Å². The lowest BCUT2D eigenvalue weighted by atomic mass is 9.97. The largest absolute Gasteiger partial charge is 0.277 e. The van der Waals surface area contributed by atoms with Crippen molar-refractivity contribution in [2.45, 2.75) is 0 Å². The molecule has 0 unspecified atom stereocenters. The Labute approximate surface area is 227 Å². The molecule has 0 amide bonds. The molecule has 0 aliphatic heterocycles. The summed E-state index contributed by atoms with van der Waals surface area (Å²) in [5.41, 5.74) is 5.12. The Bertz CT molecular complexity index is 2200. The van der Waals surface area contributed by atoms with Gasteiger partial charge < -0.3 is 0 Å². The predicted molar refractivity (Wildman–Crippen MR) is 162 cm³/mol. The molecule has 2 aromatic heterocycles. The lowest BCUT2D eigenvalue weighted by Gasteiger charge is -2.13. The quantitative estimate of drug-likeness (QED) is 0.201. The molecule has 8 rings (SSSR count). The van der Waals surface area contributed by atoms with Gasteiger partial charge in [-0.15, -0.1) is 0 Å². The first-order valence-corrected chi connectivity index (χ1v) is 13.4. The van der Waals surface area contributed by atoms with Crippen LogP contribution < -0.4 is 0 Å². The van der Waals surface area contributed by atoms with Crippen LogP contribution in [0.2, 0.25) is 0 Å². The van der Waals surface area contributed by atoms with E-state index in [1.54, 1.807) is 0 Å². The van der Waals surface area contributed by atoms with E-state index in [1.165, 1.54) is 32.3 Å². The second-order valence-corrected chi connectivity index (χ2v) is 10.4. The summed E-state index contributed by atoms with van der Waals surface area (Å²) < 4.78 is 3.31. The number of rotatable bonds is 2. The van der Waals surface area contributed by atoms with Gasteiger partial charge in [0.15, 0.2) is 0 Å². The van der Waals surface area contributed by atoms with E-state index >= 15 is 0 Å². The van der Waals surface area contributed by atoms with E-state index in [4.69, 9.17) is 9.97 Å². The maximum atomic E-state index is 5.27. The van der Waals surface area contributed by atoms with E-state index < -0.39 is 0 Å². The van der Waals surface area contributed by atoms with Crippen molar-refractivity contribution in [2.75, 3.05) is 0 Å². The molecule has 0 aliphatic carbocycles. The van der Waals surface area contributed by atoms with Crippen LogP contribution in [0.5, 0.6) is 0 Å². The van der Waals surface area contributed by atoms with Gasteiger partial charge in [0, 0.05) is 31.6 Å². The molecular formula is C34H20BrN3. The maximum Gasteiger partial charge on any atom is 0.235 e. The number of hydrogen-bond acceptors (Lipinski definition) is 2. The summed E-state index contributed by atoms with van der Waals surface area (Å²) in [6.07, 6.45) is 0. The molecule has 8 aromatic rings. The molecule has 0 atom stereocenters. The molecule has 0 radical (unpaired) electrons. The molecule has 0 saturated carbocycles. The molecule has 0 fully saturated rings. The summed E-state index contributed by atoms with van der Waals surface area (Å²) in [5.74, 6) is 0.668. The molecule has 2 heterocycles. The first-order chi connectivity index (χ1) is 18.8. The molecular weight excluding hydrogens is 530 g/mol. The van der Waals surface area contributed by atoms with E-state index in [0.717, 1.165) is 37.7 Å². The van der Waals surface area contributed by atoms with E-state index in [-0.39, 0.29) is 0 Å². The van der Waals surface area contributed by atoms with Gasteiger partial charge in [0.05, 0.1) is 22.2 Å². The minimum atomic E-state index is 0.668. The van der Waals surface area contributed by atoms with Gasteiger partial charge >= 0.3 is 0 Å². The average Bonchev–Trinajstić information content (AvgIpc) is 3.34. The first-order valence-electron chi connectivity index (χ1n) is 12.6. The number of benzene rings is 6. The number of fused-ring (bicyclic) bond motifs is 9. The lowest BCUT2D eigenvalue weighted by Crippen LogP contribution is -2.03. The van der Waals surface area contributed by atoms with Crippen molar-refractivity contribution < 1.29 is 0 Å². The van der Waals surface area contributed by atoms with Crippen LogP contribution >= 0.6 is 15.9 Å². The summed E-state index contributed by atoms with van der Waals surface area (Å²) in [4.78, 5) is 10.4. The molecule has 38 heavy (non-hydrogen) atoms. The third-order valence-electron chi connectivity index (χ3n) is 7.45. The van der Waals surface area contributed by atoms with Crippen LogP contribution in [-0.2, 0) is 0 Å². The Morgan fingerprint density at radius 1 is 0.500 bits per heavy atom. The van der Waals surface area contributed by atoms with Gasteiger partial charge in [0.1, 0.15) is 0 Å². The SMILES string of the molecule is Brc1cccc2c1c1c3ccccc3c3ccccc3c1n2-c1nc(-c2ccccc2)c2ccccc2n1. The molecule has 0 aliphatic rings. The number of hydrogen-bond donors (Lipinski definition) is 0. The molecule has 178 valence electrons. The molecule has 0 spiro atoms. The smallest absolute Gasteiger partial charge is 0.235 e. The zero-order chi connectivity index (χ0) is 25.2. The topological polar surface area (TPSA) is 30.7 Å². The number of nitrogens with zero attached hydrogens (tertiary/aromatic N) is 3. The lowest BCUT2D eigenvalue weighted by molar-refractivity contribution is 1.02. The van der Waals surface area contributed by atoms with Crippen LogP contribution in [0.25, 0.3) is 71.5 Å². The third-order valence-corrected chi connectivity index (χ3v) is 8.11. The van der Waals surface area contributed by atoms with Crippen LogP contribution in [0.1, 0.15) is 0 Å². The summed E-state index contributed by atoms with van der Waals surface area (Å²) in [7, 11) is 0. The van der Waals surface area contributed by atoms with Gasteiger partial charge in [-0.1, -0.05) is 119 Å². The van der Waals surface area contributed by atoms with Gasteiger partial charge in [0.2, 0.25) is 5.95 Å². The van der Waals surface area contributed by atoms with Crippen LogP contribution in [0.4, 0.5) is 0 Å². The van der Waals surface area contributed by atoms with Crippen molar-refractivity contribution in [3.05, 3.63) is 126 Å². The van der Waals surface area contributed by atoms with E-state index in [2.05, 4.69) is 130 Å². The van der Waals surface area contributed by atoms with Crippen molar-refractivity contribution in [1.82, 2.24) is 14.5 Å². The fourth-order valence-corrected chi connectivity index (χ4v) is 6.42.